The minimum absolute atomic E-state index is 0.418. The second kappa shape index (κ2) is 6.85. The van der Waals surface area contributed by atoms with Gasteiger partial charge < -0.3 is 15.8 Å². The molecule has 1 aromatic rings. The zero-order valence-corrected chi connectivity index (χ0v) is 9.53. The van der Waals surface area contributed by atoms with Crippen LogP contribution < -0.4 is 15.8 Å². The molecule has 0 unspecified atom stereocenters. The Balaban J connectivity index is 2.29. The number of ether oxygens (including phenoxy) is 1. The molecular formula is C12H18N2O2. The molecule has 0 fully saturated rings. The average Bonchev–Trinajstić information content (AvgIpc) is 2.29. The lowest BCUT2D eigenvalue weighted by atomic mass is 10.2. The van der Waals surface area contributed by atoms with Crippen LogP contribution in [0.2, 0.25) is 0 Å². The van der Waals surface area contributed by atoms with E-state index in [1.165, 1.54) is 0 Å². The Morgan fingerprint density at radius 1 is 1.38 bits per heavy atom. The van der Waals surface area contributed by atoms with Crippen LogP contribution in [0.25, 0.3) is 0 Å². The number of amides is 1. The van der Waals surface area contributed by atoms with Gasteiger partial charge in [0.05, 0.1) is 6.61 Å². The average molecular weight is 222 g/mol. The van der Waals surface area contributed by atoms with Crippen molar-refractivity contribution in [1.82, 2.24) is 5.32 Å². The normalized spacial score (nSPS) is 10.1. The SMILES string of the molecule is CCNCCCOc1ccc(C(N)=O)cc1. The summed E-state index contributed by atoms with van der Waals surface area (Å²) in [7, 11) is 0. The second-order valence-corrected chi connectivity index (χ2v) is 3.44. The summed E-state index contributed by atoms with van der Waals surface area (Å²) in [5.74, 6) is 0.347. The van der Waals surface area contributed by atoms with Crippen molar-refractivity contribution in [3.63, 3.8) is 0 Å². The Labute approximate surface area is 95.8 Å². The molecule has 3 N–H and O–H groups in total. The molecular weight excluding hydrogens is 204 g/mol. The molecule has 0 saturated heterocycles. The molecule has 4 nitrogen and oxygen atoms in total. The molecule has 0 aliphatic rings. The maximum atomic E-state index is 10.8. The van der Waals surface area contributed by atoms with Crippen molar-refractivity contribution in [2.45, 2.75) is 13.3 Å². The van der Waals surface area contributed by atoms with Crippen molar-refractivity contribution >= 4 is 5.91 Å². The number of carbonyl (C=O) groups excluding carboxylic acids is 1. The Hall–Kier alpha value is -1.55. The highest BCUT2D eigenvalue weighted by Crippen LogP contribution is 2.11. The first-order valence-electron chi connectivity index (χ1n) is 5.47. The van der Waals surface area contributed by atoms with Gasteiger partial charge in [-0.15, -0.1) is 0 Å². The smallest absolute Gasteiger partial charge is 0.248 e. The van der Waals surface area contributed by atoms with E-state index in [0.29, 0.717) is 12.2 Å². The predicted octanol–water partition coefficient (Wildman–Crippen LogP) is 1.16. The molecule has 0 aliphatic carbocycles. The quantitative estimate of drug-likeness (QED) is 0.680. The van der Waals surface area contributed by atoms with Crippen LogP contribution in [-0.4, -0.2) is 25.6 Å². The van der Waals surface area contributed by atoms with E-state index in [0.717, 1.165) is 25.3 Å². The lowest BCUT2D eigenvalue weighted by molar-refractivity contribution is 0.100. The van der Waals surface area contributed by atoms with E-state index in [9.17, 15) is 4.79 Å². The van der Waals surface area contributed by atoms with Gasteiger partial charge in [0.2, 0.25) is 5.91 Å². The molecule has 16 heavy (non-hydrogen) atoms. The maximum Gasteiger partial charge on any atom is 0.248 e. The van der Waals surface area contributed by atoms with E-state index in [1.54, 1.807) is 24.3 Å². The Morgan fingerprint density at radius 2 is 2.06 bits per heavy atom. The van der Waals surface area contributed by atoms with Crippen molar-refractivity contribution in [1.29, 1.82) is 0 Å². The van der Waals surface area contributed by atoms with Crippen molar-refractivity contribution in [2.24, 2.45) is 5.73 Å². The minimum Gasteiger partial charge on any atom is -0.494 e. The number of rotatable bonds is 7. The molecule has 1 aromatic carbocycles. The van der Waals surface area contributed by atoms with E-state index < -0.39 is 5.91 Å². The van der Waals surface area contributed by atoms with Gasteiger partial charge in [0.1, 0.15) is 5.75 Å². The first-order chi connectivity index (χ1) is 7.74. The molecule has 1 rings (SSSR count). The molecule has 0 spiro atoms. The summed E-state index contributed by atoms with van der Waals surface area (Å²) in [6.07, 6.45) is 0.964. The topological polar surface area (TPSA) is 64.3 Å². The van der Waals surface area contributed by atoms with Crippen LogP contribution in [0.1, 0.15) is 23.7 Å². The maximum absolute atomic E-state index is 10.8. The number of hydrogen-bond acceptors (Lipinski definition) is 3. The van der Waals surface area contributed by atoms with Gasteiger partial charge in [0.25, 0.3) is 0 Å². The van der Waals surface area contributed by atoms with Crippen molar-refractivity contribution in [3.8, 4) is 5.75 Å². The van der Waals surface area contributed by atoms with Crippen LogP contribution in [-0.2, 0) is 0 Å². The fourth-order valence-corrected chi connectivity index (χ4v) is 1.28. The van der Waals surface area contributed by atoms with Gasteiger partial charge in [0, 0.05) is 5.56 Å². The van der Waals surface area contributed by atoms with Gasteiger partial charge in [-0.25, -0.2) is 0 Å². The molecule has 0 saturated carbocycles. The highest BCUT2D eigenvalue weighted by atomic mass is 16.5. The number of benzene rings is 1. The Bertz CT molecular complexity index is 322. The fraction of sp³-hybridized carbons (Fsp3) is 0.417. The third-order valence-electron chi connectivity index (χ3n) is 2.16. The van der Waals surface area contributed by atoms with E-state index in [4.69, 9.17) is 10.5 Å². The van der Waals surface area contributed by atoms with Gasteiger partial charge in [-0.1, -0.05) is 6.92 Å². The van der Waals surface area contributed by atoms with Crippen LogP contribution in [0, 0.1) is 0 Å². The molecule has 0 aliphatic heterocycles. The van der Waals surface area contributed by atoms with Crippen LogP contribution in [0.3, 0.4) is 0 Å². The summed E-state index contributed by atoms with van der Waals surface area (Å²) in [5.41, 5.74) is 5.63. The molecule has 4 heteroatoms. The van der Waals surface area contributed by atoms with Crippen molar-refractivity contribution < 1.29 is 9.53 Å². The standard InChI is InChI=1S/C12H18N2O2/c1-2-14-8-3-9-16-11-6-4-10(5-7-11)12(13)15/h4-7,14H,2-3,8-9H2,1H3,(H2,13,15). The van der Waals surface area contributed by atoms with E-state index >= 15 is 0 Å². The van der Waals surface area contributed by atoms with Gasteiger partial charge in [-0.3, -0.25) is 4.79 Å². The third kappa shape index (κ3) is 4.31. The second-order valence-electron chi connectivity index (χ2n) is 3.44. The zero-order valence-electron chi connectivity index (χ0n) is 9.53. The first-order valence-corrected chi connectivity index (χ1v) is 5.47. The molecule has 1 amide bonds. The van der Waals surface area contributed by atoms with Crippen molar-refractivity contribution in [2.75, 3.05) is 19.7 Å². The molecule has 0 radical (unpaired) electrons. The number of nitrogens with one attached hydrogen (secondary N) is 1. The summed E-state index contributed by atoms with van der Waals surface area (Å²) in [6.45, 7) is 4.68. The van der Waals surface area contributed by atoms with Gasteiger partial charge >= 0.3 is 0 Å². The van der Waals surface area contributed by atoms with Crippen molar-refractivity contribution in [3.05, 3.63) is 29.8 Å². The summed E-state index contributed by atoms with van der Waals surface area (Å²) >= 11 is 0. The summed E-state index contributed by atoms with van der Waals surface area (Å²) < 4.78 is 5.50. The highest BCUT2D eigenvalue weighted by molar-refractivity contribution is 5.92. The van der Waals surface area contributed by atoms with E-state index in [1.807, 2.05) is 0 Å². The monoisotopic (exact) mass is 222 g/mol. The Morgan fingerprint density at radius 3 is 2.62 bits per heavy atom. The molecule has 0 bridgehead atoms. The highest BCUT2D eigenvalue weighted by Gasteiger charge is 1.99. The third-order valence-corrected chi connectivity index (χ3v) is 2.16. The molecule has 88 valence electrons. The fourth-order valence-electron chi connectivity index (χ4n) is 1.28. The first kappa shape index (κ1) is 12.5. The van der Waals surface area contributed by atoms with E-state index in [2.05, 4.69) is 12.2 Å². The minimum atomic E-state index is -0.418. The van der Waals surface area contributed by atoms with E-state index in [-0.39, 0.29) is 0 Å². The van der Waals surface area contributed by atoms with Gasteiger partial charge in [0.15, 0.2) is 0 Å². The van der Waals surface area contributed by atoms with Crippen LogP contribution >= 0.6 is 0 Å². The number of nitrogens with two attached hydrogens (primary N) is 1. The molecule has 0 atom stereocenters. The lowest BCUT2D eigenvalue weighted by Gasteiger charge is -2.06. The summed E-state index contributed by atoms with van der Waals surface area (Å²) in [6, 6.07) is 6.85. The van der Waals surface area contributed by atoms with Gasteiger partial charge in [-0.05, 0) is 43.8 Å². The lowest BCUT2D eigenvalue weighted by Crippen LogP contribution is -2.16. The van der Waals surface area contributed by atoms with Crippen LogP contribution in [0.5, 0.6) is 5.75 Å². The molecule has 0 aromatic heterocycles. The van der Waals surface area contributed by atoms with Gasteiger partial charge in [-0.2, -0.15) is 0 Å². The van der Waals surface area contributed by atoms with Crippen LogP contribution in [0.15, 0.2) is 24.3 Å². The number of hydrogen-bond donors (Lipinski definition) is 2. The molecule has 0 heterocycles. The zero-order chi connectivity index (χ0) is 11.8. The largest absolute Gasteiger partial charge is 0.494 e. The predicted molar refractivity (Wildman–Crippen MR) is 63.6 cm³/mol. The van der Waals surface area contributed by atoms with Crippen LogP contribution in [0.4, 0.5) is 0 Å². The number of carbonyl (C=O) groups is 1. The Kier molecular flexibility index (Phi) is 5.36. The summed E-state index contributed by atoms with van der Waals surface area (Å²) in [5, 5.41) is 3.22. The summed E-state index contributed by atoms with van der Waals surface area (Å²) in [4.78, 5) is 10.8. The number of primary amides is 1.